The Balaban J connectivity index is 2.15. The van der Waals surface area contributed by atoms with Gasteiger partial charge < -0.3 is 4.90 Å². The van der Waals surface area contributed by atoms with Crippen molar-refractivity contribution in [2.75, 3.05) is 27.2 Å². The molecule has 7 heteroatoms. The maximum absolute atomic E-state index is 12.6. The molecule has 1 aromatic rings. The summed E-state index contributed by atoms with van der Waals surface area (Å²) in [6, 6.07) is 6.02. The molecule has 0 heterocycles. The highest BCUT2D eigenvalue weighted by molar-refractivity contribution is 7.89. The van der Waals surface area contributed by atoms with E-state index in [2.05, 4.69) is 0 Å². The summed E-state index contributed by atoms with van der Waals surface area (Å²) < 4.78 is 25.1. The van der Waals surface area contributed by atoms with Crippen molar-refractivity contribution in [3.05, 3.63) is 29.8 Å². The Morgan fingerprint density at radius 1 is 1.26 bits per heavy atom. The number of rotatable bonds is 8. The minimum absolute atomic E-state index is 0.0391. The number of hydroxylamine groups is 1. The Kier molecular flexibility index (Phi) is 5.78. The zero-order valence-corrected chi connectivity index (χ0v) is 14.7. The highest BCUT2D eigenvalue weighted by Gasteiger charge is 2.27. The van der Waals surface area contributed by atoms with Crippen molar-refractivity contribution >= 4 is 15.9 Å². The van der Waals surface area contributed by atoms with E-state index in [0.717, 1.165) is 24.0 Å². The van der Waals surface area contributed by atoms with Gasteiger partial charge in [0.2, 0.25) is 0 Å². The predicted molar refractivity (Wildman–Crippen MR) is 87.3 cm³/mol. The lowest BCUT2D eigenvalue weighted by Crippen LogP contribution is -2.33. The standard InChI is InChI=1S/C16H24N2O4S/c1-4-11-18(12-13-5-6-13)16(19)14-7-9-15(10-8-14)23(20,21)17(2)22-3/h7-10,13H,4-6,11-12H2,1-3H3. The molecule has 0 radical (unpaired) electrons. The number of sulfonamides is 1. The summed E-state index contributed by atoms with van der Waals surface area (Å²) in [7, 11) is -1.07. The molecular formula is C16H24N2O4S. The second-order valence-electron chi connectivity index (χ2n) is 5.82. The van der Waals surface area contributed by atoms with Crippen LogP contribution in [-0.2, 0) is 14.9 Å². The van der Waals surface area contributed by atoms with E-state index in [1.54, 1.807) is 12.1 Å². The largest absolute Gasteiger partial charge is 0.338 e. The molecule has 1 aliphatic carbocycles. The molecule has 0 bridgehead atoms. The summed E-state index contributed by atoms with van der Waals surface area (Å²) in [6.07, 6.45) is 3.28. The maximum Gasteiger partial charge on any atom is 0.264 e. The molecule has 0 aliphatic heterocycles. The van der Waals surface area contributed by atoms with E-state index in [-0.39, 0.29) is 10.8 Å². The maximum atomic E-state index is 12.6. The van der Waals surface area contributed by atoms with Crippen LogP contribution < -0.4 is 0 Å². The summed E-state index contributed by atoms with van der Waals surface area (Å²) in [5, 5.41) is 0. The Morgan fingerprint density at radius 3 is 2.35 bits per heavy atom. The quantitative estimate of drug-likeness (QED) is 0.680. The minimum atomic E-state index is -3.68. The molecule has 0 atom stereocenters. The summed E-state index contributed by atoms with van der Waals surface area (Å²) in [5.41, 5.74) is 0.512. The van der Waals surface area contributed by atoms with Crippen LogP contribution in [0.4, 0.5) is 0 Å². The molecule has 1 amide bonds. The number of carbonyl (C=O) groups excluding carboxylic acids is 1. The fourth-order valence-electron chi connectivity index (χ4n) is 2.36. The van der Waals surface area contributed by atoms with Crippen LogP contribution in [0, 0.1) is 5.92 Å². The lowest BCUT2D eigenvalue weighted by atomic mass is 10.2. The van der Waals surface area contributed by atoms with Crippen LogP contribution in [0.2, 0.25) is 0 Å². The van der Waals surface area contributed by atoms with Crippen molar-refractivity contribution in [2.45, 2.75) is 31.1 Å². The lowest BCUT2D eigenvalue weighted by Gasteiger charge is -2.22. The Morgan fingerprint density at radius 2 is 1.87 bits per heavy atom. The highest BCUT2D eigenvalue weighted by Crippen LogP contribution is 2.30. The topological polar surface area (TPSA) is 66.9 Å². The molecule has 1 fully saturated rings. The third kappa shape index (κ3) is 4.31. The summed E-state index contributed by atoms with van der Waals surface area (Å²) in [5.74, 6) is 0.586. The predicted octanol–water partition coefficient (Wildman–Crippen LogP) is 2.13. The lowest BCUT2D eigenvalue weighted by molar-refractivity contribution is -0.0258. The van der Waals surface area contributed by atoms with Gasteiger partial charge in [-0.1, -0.05) is 11.4 Å². The average molecular weight is 340 g/mol. The number of amides is 1. The third-order valence-corrected chi connectivity index (χ3v) is 5.64. The van der Waals surface area contributed by atoms with E-state index in [0.29, 0.717) is 11.5 Å². The van der Waals surface area contributed by atoms with Crippen molar-refractivity contribution in [2.24, 2.45) is 5.92 Å². The van der Waals surface area contributed by atoms with Gasteiger partial charge in [0.1, 0.15) is 0 Å². The van der Waals surface area contributed by atoms with Crippen LogP contribution in [0.15, 0.2) is 29.2 Å². The van der Waals surface area contributed by atoms with Crippen LogP contribution >= 0.6 is 0 Å². The fraction of sp³-hybridized carbons (Fsp3) is 0.562. The van der Waals surface area contributed by atoms with Gasteiger partial charge in [0.05, 0.1) is 12.0 Å². The van der Waals surface area contributed by atoms with Gasteiger partial charge in [0, 0.05) is 25.7 Å². The Bertz CT molecular complexity index is 639. The molecule has 1 aromatic carbocycles. The number of nitrogens with zero attached hydrogens (tertiary/aromatic N) is 2. The Labute approximate surface area is 138 Å². The molecule has 2 rings (SSSR count). The summed E-state index contributed by atoms with van der Waals surface area (Å²) in [6.45, 7) is 3.56. The summed E-state index contributed by atoms with van der Waals surface area (Å²) in [4.78, 5) is 19.3. The molecule has 0 unspecified atom stereocenters. The van der Waals surface area contributed by atoms with Crippen molar-refractivity contribution in [3.8, 4) is 0 Å². The van der Waals surface area contributed by atoms with Gasteiger partial charge in [-0.2, -0.15) is 0 Å². The molecule has 0 N–H and O–H groups in total. The zero-order chi connectivity index (χ0) is 17.0. The van der Waals surface area contributed by atoms with Gasteiger partial charge >= 0.3 is 0 Å². The molecule has 23 heavy (non-hydrogen) atoms. The monoisotopic (exact) mass is 340 g/mol. The number of carbonyl (C=O) groups is 1. The third-order valence-electron chi connectivity index (χ3n) is 3.95. The van der Waals surface area contributed by atoms with E-state index in [9.17, 15) is 13.2 Å². The number of hydrogen-bond acceptors (Lipinski definition) is 4. The summed E-state index contributed by atoms with van der Waals surface area (Å²) >= 11 is 0. The van der Waals surface area contributed by atoms with E-state index < -0.39 is 10.0 Å². The fourth-order valence-corrected chi connectivity index (χ4v) is 3.33. The van der Waals surface area contributed by atoms with Crippen LogP contribution in [0.1, 0.15) is 36.5 Å². The first-order valence-corrected chi connectivity index (χ1v) is 9.26. The Hall–Kier alpha value is -1.44. The van der Waals surface area contributed by atoms with Gasteiger partial charge in [-0.05, 0) is 49.4 Å². The van der Waals surface area contributed by atoms with Gasteiger partial charge in [0.25, 0.3) is 15.9 Å². The van der Waals surface area contributed by atoms with Crippen LogP contribution in [0.5, 0.6) is 0 Å². The second kappa shape index (κ2) is 7.42. The first kappa shape index (κ1) is 17.9. The molecule has 0 saturated heterocycles. The molecular weight excluding hydrogens is 316 g/mol. The molecule has 0 aromatic heterocycles. The SMILES string of the molecule is CCCN(CC1CC1)C(=O)c1ccc(S(=O)(=O)N(C)OC)cc1. The van der Waals surface area contributed by atoms with Gasteiger partial charge in [-0.25, -0.2) is 8.42 Å². The van der Waals surface area contributed by atoms with E-state index in [4.69, 9.17) is 4.84 Å². The molecule has 128 valence electrons. The van der Waals surface area contributed by atoms with Gasteiger partial charge in [-0.15, -0.1) is 0 Å². The zero-order valence-electron chi connectivity index (χ0n) is 13.9. The normalized spacial score (nSPS) is 15.0. The first-order chi connectivity index (χ1) is 10.9. The van der Waals surface area contributed by atoms with Crippen molar-refractivity contribution in [1.29, 1.82) is 0 Å². The van der Waals surface area contributed by atoms with Crippen LogP contribution in [0.3, 0.4) is 0 Å². The number of hydrogen-bond donors (Lipinski definition) is 0. The van der Waals surface area contributed by atoms with E-state index in [1.807, 2.05) is 11.8 Å². The smallest absolute Gasteiger partial charge is 0.264 e. The van der Waals surface area contributed by atoms with Crippen molar-refractivity contribution < 1.29 is 18.0 Å². The van der Waals surface area contributed by atoms with E-state index >= 15 is 0 Å². The van der Waals surface area contributed by atoms with Gasteiger partial charge in [0.15, 0.2) is 0 Å². The van der Waals surface area contributed by atoms with Gasteiger partial charge in [-0.3, -0.25) is 9.63 Å². The molecule has 0 spiro atoms. The molecule has 6 nitrogen and oxygen atoms in total. The second-order valence-corrected chi connectivity index (χ2v) is 7.75. The molecule has 1 saturated carbocycles. The van der Waals surface area contributed by atoms with E-state index in [1.165, 1.54) is 39.1 Å². The van der Waals surface area contributed by atoms with Crippen molar-refractivity contribution in [3.63, 3.8) is 0 Å². The minimum Gasteiger partial charge on any atom is -0.338 e. The highest BCUT2D eigenvalue weighted by atomic mass is 32.2. The van der Waals surface area contributed by atoms with Crippen molar-refractivity contribution in [1.82, 2.24) is 9.37 Å². The van der Waals surface area contributed by atoms with Crippen LogP contribution in [-0.4, -0.2) is 50.9 Å². The first-order valence-electron chi connectivity index (χ1n) is 7.82. The van der Waals surface area contributed by atoms with Crippen LogP contribution in [0.25, 0.3) is 0 Å². The number of benzene rings is 1. The molecule has 1 aliphatic rings. The average Bonchev–Trinajstić information content (AvgIpc) is 3.37.